The van der Waals surface area contributed by atoms with Crippen molar-refractivity contribution in [2.75, 3.05) is 0 Å². The van der Waals surface area contributed by atoms with Crippen LogP contribution in [0, 0.1) is 5.82 Å². The predicted molar refractivity (Wildman–Crippen MR) is 108 cm³/mol. The van der Waals surface area contributed by atoms with Crippen molar-refractivity contribution in [3.05, 3.63) is 102 Å². The maximum absolute atomic E-state index is 12.9. The van der Waals surface area contributed by atoms with Gasteiger partial charge in [-0.05, 0) is 35.4 Å². The molecule has 0 aliphatic carbocycles. The quantitative estimate of drug-likeness (QED) is 0.490. The molecule has 3 aromatic rings. The first-order chi connectivity index (χ1) is 13.6. The second-order valence-electron chi connectivity index (χ2n) is 6.06. The lowest BCUT2D eigenvalue weighted by molar-refractivity contribution is -0.128. The highest BCUT2D eigenvalue weighted by Crippen LogP contribution is 2.35. The summed E-state index contributed by atoms with van der Waals surface area (Å²) in [4.78, 5) is 25.8. The highest BCUT2D eigenvalue weighted by atomic mass is 32.2. The molecule has 4 nitrogen and oxygen atoms in total. The lowest BCUT2D eigenvalue weighted by Gasteiger charge is -2.17. The summed E-state index contributed by atoms with van der Waals surface area (Å²) in [6.07, 6.45) is 0.0440. The highest BCUT2D eigenvalue weighted by Gasteiger charge is 2.22. The third-order valence-corrected chi connectivity index (χ3v) is 5.21. The third kappa shape index (κ3) is 5.69. The molecular weight excluding hydrogens is 375 g/mol. The summed E-state index contributed by atoms with van der Waals surface area (Å²) in [5, 5.41) is -0.519. The number of benzene rings is 3. The van der Waals surface area contributed by atoms with Crippen LogP contribution in [-0.4, -0.2) is 11.8 Å². The second-order valence-corrected chi connectivity index (χ2v) is 7.24. The fraction of sp³-hybridized carbons (Fsp3) is 0.0909. The molecule has 142 valence electrons. The number of carbonyl (C=O) groups is 2. The van der Waals surface area contributed by atoms with Gasteiger partial charge in [0.15, 0.2) is 0 Å². The lowest BCUT2D eigenvalue weighted by atomic mass is 10.1. The molecular formula is C22H19FN2O2S. The Bertz CT molecular complexity index is 918. The fourth-order valence-electron chi connectivity index (χ4n) is 2.56. The van der Waals surface area contributed by atoms with Crippen molar-refractivity contribution in [1.29, 1.82) is 0 Å². The Morgan fingerprint density at radius 2 is 1.43 bits per heavy atom. The Hall–Kier alpha value is -3.12. The smallest absolute Gasteiger partial charge is 0.256 e. The molecule has 3 aromatic carbocycles. The van der Waals surface area contributed by atoms with E-state index in [0.29, 0.717) is 5.56 Å². The number of carbonyl (C=O) groups excluding carboxylic acids is 2. The normalized spacial score (nSPS) is 11.5. The first-order valence-corrected chi connectivity index (χ1v) is 9.59. The van der Waals surface area contributed by atoms with E-state index in [4.69, 9.17) is 0 Å². The molecule has 0 bridgehead atoms. The first kappa shape index (κ1) is 19.6. The van der Waals surface area contributed by atoms with Crippen molar-refractivity contribution in [2.45, 2.75) is 16.6 Å². The average molecular weight is 394 g/mol. The van der Waals surface area contributed by atoms with Gasteiger partial charge in [0, 0.05) is 4.90 Å². The molecule has 0 fully saturated rings. The van der Waals surface area contributed by atoms with Gasteiger partial charge in [-0.2, -0.15) is 0 Å². The fourth-order valence-corrected chi connectivity index (χ4v) is 3.61. The summed E-state index contributed by atoms with van der Waals surface area (Å²) >= 11 is 1.40. The van der Waals surface area contributed by atoms with E-state index in [1.54, 1.807) is 0 Å². The molecule has 0 aliphatic heterocycles. The SMILES string of the molecule is O=C(Cc1ccc(F)cc1)NNC(=O)[C@H](Sc1ccccc1)c1ccccc1. The minimum Gasteiger partial charge on any atom is -0.273 e. The van der Waals surface area contributed by atoms with Gasteiger partial charge in [-0.3, -0.25) is 20.4 Å². The van der Waals surface area contributed by atoms with Crippen LogP contribution in [0.25, 0.3) is 0 Å². The Balaban J connectivity index is 1.64. The van der Waals surface area contributed by atoms with Gasteiger partial charge in [-0.25, -0.2) is 4.39 Å². The van der Waals surface area contributed by atoms with Crippen LogP contribution in [0.1, 0.15) is 16.4 Å². The molecule has 0 aromatic heterocycles. The van der Waals surface area contributed by atoms with Crippen molar-refractivity contribution in [2.24, 2.45) is 0 Å². The van der Waals surface area contributed by atoms with E-state index >= 15 is 0 Å². The van der Waals surface area contributed by atoms with E-state index in [9.17, 15) is 14.0 Å². The average Bonchev–Trinajstić information content (AvgIpc) is 2.73. The van der Waals surface area contributed by atoms with Gasteiger partial charge in [0.1, 0.15) is 11.1 Å². The van der Waals surface area contributed by atoms with E-state index in [2.05, 4.69) is 10.9 Å². The first-order valence-electron chi connectivity index (χ1n) is 8.71. The van der Waals surface area contributed by atoms with Crippen LogP contribution in [0.3, 0.4) is 0 Å². The Morgan fingerprint density at radius 3 is 2.07 bits per heavy atom. The van der Waals surface area contributed by atoms with Crippen LogP contribution in [-0.2, 0) is 16.0 Å². The zero-order valence-electron chi connectivity index (χ0n) is 15.0. The van der Waals surface area contributed by atoms with Gasteiger partial charge in [-0.1, -0.05) is 60.7 Å². The summed E-state index contributed by atoms with van der Waals surface area (Å²) in [6, 6.07) is 24.6. The van der Waals surface area contributed by atoms with Crippen LogP contribution in [0.5, 0.6) is 0 Å². The molecule has 0 saturated heterocycles. The Kier molecular flexibility index (Phi) is 6.81. The maximum Gasteiger partial charge on any atom is 0.256 e. The van der Waals surface area contributed by atoms with Crippen LogP contribution in [0.4, 0.5) is 4.39 Å². The third-order valence-electron chi connectivity index (χ3n) is 3.94. The van der Waals surface area contributed by atoms with Gasteiger partial charge >= 0.3 is 0 Å². The van der Waals surface area contributed by atoms with Gasteiger partial charge in [0.25, 0.3) is 5.91 Å². The van der Waals surface area contributed by atoms with E-state index in [1.807, 2.05) is 60.7 Å². The number of thioether (sulfide) groups is 1. The van der Waals surface area contributed by atoms with Gasteiger partial charge in [0.2, 0.25) is 5.91 Å². The monoisotopic (exact) mass is 394 g/mol. The minimum absolute atomic E-state index is 0.0440. The van der Waals surface area contributed by atoms with E-state index in [-0.39, 0.29) is 24.1 Å². The van der Waals surface area contributed by atoms with Crippen LogP contribution in [0.2, 0.25) is 0 Å². The molecule has 0 aliphatic rings. The summed E-state index contributed by atoms with van der Waals surface area (Å²) in [5.41, 5.74) is 6.43. The van der Waals surface area contributed by atoms with Crippen molar-refractivity contribution in [1.82, 2.24) is 10.9 Å². The molecule has 0 saturated carbocycles. The predicted octanol–water partition coefficient (Wildman–Crippen LogP) is 4.05. The van der Waals surface area contributed by atoms with Gasteiger partial charge in [-0.15, -0.1) is 11.8 Å². The topological polar surface area (TPSA) is 58.2 Å². The summed E-state index contributed by atoms with van der Waals surface area (Å²) in [6.45, 7) is 0. The Morgan fingerprint density at radius 1 is 0.821 bits per heavy atom. The van der Waals surface area contributed by atoms with E-state index in [1.165, 1.54) is 36.0 Å². The standard InChI is InChI=1S/C22H19FN2O2S/c23-18-13-11-16(12-14-18)15-20(26)24-25-22(27)21(17-7-3-1-4-8-17)28-19-9-5-2-6-10-19/h1-14,21H,15H2,(H,24,26)(H,25,27)/t21-/m1/s1. The number of hydrazine groups is 1. The molecule has 2 N–H and O–H groups in total. The summed E-state index contributed by atoms with van der Waals surface area (Å²) in [7, 11) is 0. The molecule has 3 rings (SSSR count). The van der Waals surface area contributed by atoms with Crippen molar-refractivity contribution in [3.63, 3.8) is 0 Å². The molecule has 1 atom stereocenters. The molecule has 0 spiro atoms. The number of hydrogen-bond acceptors (Lipinski definition) is 3. The molecule has 0 unspecified atom stereocenters. The maximum atomic E-state index is 12.9. The van der Waals surface area contributed by atoms with E-state index in [0.717, 1.165) is 10.5 Å². The number of amides is 2. The number of nitrogens with one attached hydrogen (secondary N) is 2. The van der Waals surface area contributed by atoms with Crippen LogP contribution < -0.4 is 10.9 Å². The lowest BCUT2D eigenvalue weighted by Crippen LogP contribution is -2.44. The largest absolute Gasteiger partial charge is 0.273 e. The van der Waals surface area contributed by atoms with Crippen LogP contribution in [0.15, 0.2) is 89.8 Å². The van der Waals surface area contributed by atoms with E-state index < -0.39 is 5.25 Å². The minimum atomic E-state index is -0.519. The molecule has 2 amide bonds. The molecule has 6 heteroatoms. The second kappa shape index (κ2) is 9.71. The molecule has 28 heavy (non-hydrogen) atoms. The summed E-state index contributed by atoms with van der Waals surface area (Å²) < 4.78 is 12.9. The highest BCUT2D eigenvalue weighted by molar-refractivity contribution is 8.00. The molecule has 0 radical (unpaired) electrons. The number of hydrogen-bond donors (Lipinski definition) is 2. The van der Waals surface area contributed by atoms with Gasteiger partial charge in [0.05, 0.1) is 6.42 Å². The Labute approximate surface area is 167 Å². The van der Waals surface area contributed by atoms with Gasteiger partial charge < -0.3 is 0 Å². The zero-order valence-corrected chi connectivity index (χ0v) is 15.8. The number of rotatable bonds is 6. The van der Waals surface area contributed by atoms with Crippen molar-refractivity contribution < 1.29 is 14.0 Å². The number of halogens is 1. The molecule has 0 heterocycles. The zero-order chi connectivity index (χ0) is 19.8. The van der Waals surface area contributed by atoms with Crippen molar-refractivity contribution in [3.8, 4) is 0 Å². The van der Waals surface area contributed by atoms with Crippen molar-refractivity contribution >= 4 is 23.6 Å². The van der Waals surface area contributed by atoms with Crippen LogP contribution >= 0.6 is 11.8 Å². The summed E-state index contributed by atoms with van der Waals surface area (Å²) in [5.74, 6) is -1.06.